The summed E-state index contributed by atoms with van der Waals surface area (Å²) in [4.78, 5) is 12.1. The number of halogens is 1. The lowest BCUT2D eigenvalue weighted by Gasteiger charge is -2.24. The monoisotopic (exact) mass is 331 g/mol. The highest BCUT2D eigenvalue weighted by Crippen LogP contribution is 2.20. The van der Waals surface area contributed by atoms with Gasteiger partial charge in [-0.1, -0.05) is 6.92 Å². The van der Waals surface area contributed by atoms with Gasteiger partial charge in [0.15, 0.2) is 0 Å². The van der Waals surface area contributed by atoms with E-state index in [9.17, 15) is 9.18 Å². The Bertz CT molecular complexity index is 717. The molecular formula is C19H26FN3O. The number of hydrogen-bond donors (Lipinski definition) is 1. The number of aryl methyl sites for hydroxylation is 1. The van der Waals surface area contributed by atoms with Crippen molar-refractivity contribution >= 4 is 5.91 Å². The van der Waals surface area contributed by atoms with E-state index in [1.54, 1.807) is 16.8 Å². The molecule has 1 heterocycles. The largest absolute Gasteiger partial charge is 0.351 e. The molecular weight excluding hydrogens is 305 g/mol. The summed E-state index contributed by atoms with van der Waals surface area (Å²) in [5.74, 6) is -0.217. The first kappa shape index (κ1) is 18.2. The number of carbonyl (C=O) groups excluding carboxylic acids is 1. The van der Waals surface area contributed by atoms with Gasteiger partial charge in [0.25, 0.3) is 0 Å². The molecule has 2 rings (SSSR count). The fraction of sp³-hybridized carbons (Fsp3) is 0.474. The molecule has 0 spiro atoms. The Morgan fingerprint density at radius 1 is 1.25 bits per heavy atom. The maximum Gasteiger partial charge on any atom is 0.220 e. The highest BCUT2D eigenvalue weighted by Gasteiger charge is 2.19. The van der Waals surface area contributed by atoms with Crippen LogP contribution in [-0.4, -0.2) is 21.2 Å². The fourth-order valence-electron chi connectivity index (χ4n) is 2.64. The summed E-state index contributed by atoms with van der Waals surface area (Å²) in [7, 11) is 0. The van der Waals surface area contributed by atoms with Gasteiger partial charge in [0, 0.05) is 17.7 Å². The Balaban J connectivity index is 2.12. The molecule has 4 nitrogen and oxygen atoms in total. The van der Waals surface area contributed by atoms with Crippen LogP contribution in [0, 0.1) is 19.7 Å². The quantitative estimate of drug-likeness (QED) is 0.873. The minimum Gasteiger partial charge on any atom is -0.351 e. The van der Waals surface area contributed by atoms with Gasteiger partial charge in [-0.15, -0.1) is 0 Å². The smallest absolute Gasteiger partial charge is 0.220 e. The number of nitrogens with zero attached hydrogens (tertiary/aromatic N) is 2. The number of amides is 1. The SMILES string of the molecule is CCC(C)(C)NC(=O)CCc1c(C)nn(-c2ccc(F)cc2)c1C. The van der Waals surface area contributed by atoms with Crippen molar-refractivity contribution in [2.75, 3.05) is 0 Å². The summed E-state index contributed by atoms with van der Waals surface area (Å²) in [6, 6.07) is 6.25. The van der Waals surface area contributed by atoms with Gasteiger partial charge in [-0.05, 0) is 70.4 Å². The van der Waals surface area contributed by atoms with Crippen LogP contribution in [0.25, 0.3) is 5.69 Å². The fourth-order valence-corrected chi connectivity index (χ4v) is 2.64. The predicted octanol–water partition coefficient (Wildman–Crippen LogP) is 3.87. The molecule has 0 bridgehead atoms. The van der Waals surface area contributed by atoms with Gasteiger partial charge in [-0.25, -0.2) is 9.07 Å². The van der Waals surface area contributed by atoms with Crippen molar-refractivity contribution in [3.63, 3.8) is 0 Å². The van der Waals surface area contributed by atoms with Crippen molar-refractivity contribution in [3.8, 4) is 5.69 Å². The van der Waals surface area contributed by atoms with E-state index >= 15 is 0 Å². The van der Waals surface area contributed by atoms with Gasteiger partial charge in [-0.3, -0.25) is 4.79 Å². The molecule has 0 aliphatic carbocycles. The van der Waals surface area contributed by atoms with Crippen LogP contribution < -0.4 is 5.32 Å². The normalized spacial score (nSPS) is 11.6. The van der Waals surface area contributed by atoms with E-state index < -0.39 is 0 Å². The van der Waals surface area contributed by atoms with E-state index in [-0.39, 0.29) is 17.3 Å². The molecule has 24 heavy (non-hydrogen) atoms. The molecule has 1 N–H and O–H groups in total. The zero-order valence-electron chi connectivity index (χ0n) is 15.1. The second-order valence-electron chi connectivity index (χ2n) is 6.82. The predicted molar refractivity (Wildman–Crippen MR) is 93.8 cm³/mol. The molecule has 130 valence electrons. The third kappa shape index (κ3) is 4.22. The molecule has 0 atom stereocenters. The van der Waals surface area contributed by atoms with Crippen molar-refractivity contribution in [3.05, 3.63) is 47.0 Å². The zero-order chi connectivity index (χ0) is 17.9. The first-order valence-electron chi connectivity index (χ1n) is 8.35. The van der Waals surface area contributed by atoms with Crippen LogP contribution >= 0.6 is 0 Å². The average molecular weight is 331 g/mol. The Labute approximate surface area is 143 Å². The van der Waals surface area contributed by atoms with Gasteiger partial charge >= 0.3 is 0 Å². The maximum absolute atomic E-state index is 13.1. The number of benzene rings is 1. The Morgan fingerprint density at radius 2 is 1.88 bits per heavy atom. The Hall–Kier alpha value is -2.17. The molecule has 0 radical (unpaired) electrons. The number of aromatic nitrogens is 2. The third-order valence-electron chi connectivity index (χ3n) is 4.48. The number of rotatable bonds is 6. The van der Waals surface area contributed by atoms with Crippen molar-refractivity contribution in [2.24, 2.45) is 0 Å². The highest BCUT2D eigenvalue weighted by atomic mass is 19.1. The van der Waals surface area contributed by atoms with Crippen LogP contribution in [0.2, 0.25) is 0 Å². The van der Waals surface area contributed by atoms with Crippen LogP contribution in [-0.2, 0) is 11.2 Å². The summed E-state index contributed by atoms with van der Waals surface area (Å²) >= 11 is 0. The summed E-state index contributed by atoms with van der Waals surface area (Å²) in [6.07, 6.45) is 1.96. The lowest BCUT2D eigenvalue weighted by atomic mass is 10.0. The van der Waals surface area contributed by atoms with E-state index in [2.05, 4.69) is 17.3 Å². The van der Waals surface area contributed by atoms with E-state index in [1.807, 2.05) is 27.7 Å². The van der Waals surface area contributed by atoms with Crippen LogP contribution in [0.3, 0.4) is 0 Å². The molecule has 0 unspecified atom stereocenters. The molecule has 1 amide bonds. The van der Waals surface area contributed by atoms with Crippen molar-refractivity contribution in [2.45, 2.75) is 59.4 Å². The van der Waals surface area contributed by atoms with Gasteiger partial charge in [0.1, 0.15) is 5.82 Å². The topological polar surface area (TPSA) is 46.9 Å². The molecule has 1 aromatic heterocycles. The van der Waals surface area contributed by atoms with Gasteiger partial charge in [0.05, 0.1) is 11.4 Å². The first-order valence-corrected chi connectivity index (χ1v) is 8.35. The summed E-state index contributed by atoms with van der Waals surface area (Å²) in [5, 5.41) is 7.59. The zero-order valence-corrected chi connectivity index (χ0v) is 15.1. The molecule has 0 saturated heterocycles. The van der Waals surface area contributed by atoms with E-state index in [0.717, 1.165) is 29.1 Å². The van der Waals surface area contributed by atoms with Crippen LogP contribution in [0.1, 0.15) is 50.6 Å². The summed E-state index contributed by atoms with van der Waals surface area (Å²) < 4.78 is 14.9. The lowest BCUT2D eigenvalue weighted by Crippen LogP contribution is -2.42. The van der Waals surface area contributed by atoms with Gasteiger partial charge in [0.2, 0.25) is 5.91 Å². The third-order valence-corrected chi connectivity index (χ3v) is 4.48. The summed E-state index contributed by atoms with van der Waals surface area (Å²) in [5.41, 5.74) is 3.60. The standard InChI is InChI=1S/C19H26FN3O/c1-6-19(4,5)21-18(24)12-11-17-13(2)22-23(14(17)3)16-9-7-15(20)8-10-16/h7-10H,6,11-12H2,1-5H3,(H,21,24). The van der Waals surface area contributed by atoms with Gasteiger partial charge < -0.3 is 5.32 Å². The molecule has 1 aromatic carbocycles. The lowest BCUT2D eigenvalue weighted by molar-refractivity contribution is -0.122. The minimum atomic E-state index is -0.268. The average Bonchev–Trinajstić information content (AvgIpc) is 2.80. The van der Waals surface area contributed by atoms with E-state index in [0.29, 0.717) is 12.8 Å². The molecule has 0 fully saturated rings. The number of hydrogen-bond acceptors (Lipinski definition) is 2. The molecule has 2 aromatic rings. The second-order valence-corrected chi connectivity index (χ2v) is 6.82. The summed E-state index contributed by atoms with van der Waals surface area (Å²) in [6.45, 7) is 10.0. The van der Waals surface area contributed by atoms with Crippen molar-refractivity contribution in [1.29, 1.82) is 0 Å². The molecule has 0 saturated carbocycles. The van der Waals surface area contributed by atoms with E-state index in [1.165, 1.54) is 12.1 Å². The van der Waals surface area contributed by atoms with Crippen molar-refractivity contribution < 1.29 is 9.18 Å². The van der Waals surface area contributed by atoms with Crippen LogP contribution in [0.4, 0.5) is 4.39 Å². The minimum absolute atomic E-state index is 0.0511. The van der Waals surface area contributed by atoms with Crippen molar-refractivity contribution in [1.82, 2.24) is 15.1 Å². The molecule has 0 aliphatic heterocycles. The highest BCUT2D eigenvalue weighted by molar-refractivity contribution is 5.77. The number of carbonyl (C=O) groups is 1. The second kappa shape index (κ2) is 7.16. The van der Waals surface area contributed by atoms with E-state index in [4.69, 9.17) is 0 Å². The Morgan fingerprint density at radius 3 is 2.46 bits per heavy atom. The Kier molecular flexibility index (Phi) is 5.42. The van der Waals surface area contributed by atoms with Crippen LogP contribution in [0.15, 0.2) is 24.3 Å². The number of nitrogens with one attached hydrogen (secondary N) is 1. The molecule has 0 aliphatic rings. The molecule has 5 heteroatoms. The van der Waals surface area contributed by atoms with Crippen LogP contribution in [0.5, 0.6) is 0 Å². The maximum atomic E-state index is 13.1. The van der Waals surface area contributed by atoms with Gasteiger partial charge in [-0.2, -0.15) is 5.10 Å². The first-order chi connectivity index (χ1) is 11.2.